The van der Waals surface area contributed by atoms with Gasteiger partial charge in [-0.1, -0.05) is 77.5 Å². The first-order valence-electron chi connectivity index (χ1n) is 11.9. The SMILES string of the molecule is COc1cccc(C2NC(=S)N(CCc3ccccc3)C(C)=C2c2nc(-c3ccc(C)cc3)no2)c1. The lowest BCUT2D eigenvalue weighted by atomic mass is 9.94. The molecule has 4 aromatic rings. The lowest BCUT2D eigenvalue weighted by molar-refractivity contribution is 0.396. The van der Waals surface area contributed by atoms with Crippen molar-refractivity contribution in [3.05, 3.63) is 107 Å². The number of allylic oxidation sites excluding steroid dienone is 1. The first-order chi connectivity index (χ1) is 17.5. The number of thiocarbonyl (C=S) groups is 1. The summed E-state index contributed by atoms with van der Waals surface area (Å²) in [5, 5.41) is 8.49. The van der Waals surface area contributed by atoms with E-state index >= 15 is 0 Å². The molecule has 0 radical (unpaired) electrons. The van der Waals surface area contributed by atoms with Crippen LogP contribution >= 0.6 is 12.2 Å². The zero-order chi connectivity index (χ0) is 25.1. The number of aromatic nitrogens is 2. The summed E-state index contributed by atoms with van der Waals surface area (Å²) in [6.07, 6.45) is 0.857. The lowest BCUT2D eigenvalue weighted by Crippen LogP contribution is -2.46. The summed E-state index contributed by atoms with van der Waals surface area (Å²) in [5.74, 6) is 1.80. The van der Waals surface area contributed by atoms with E-state index in [0.717, 1.165) is 41.1 Å². The highest BCUT2D eigenvalue weighted by atomic mass is 32.1. The Labute approximate surface area is 216 Å². The Kier molecular flexibility index (Phi) is 6.82. The number of nitrogens with zero attached hydrogens (tertiary/aromatic N) is 3. The second-order valence-corrected chi connectivity index (χ2v) is 9.22. The van der Waals surface area contributed by atoms with Crippen LogP contribution in [-0.4, -0.2) is 33.8 Å². The predicted octanol–water partition coefficient (Wildman–Crippen LogP) is 5.96. The van der Waals surface area contributed by atoms with Crippen molar-refractivity contribution in [1.29, 1.82) is 0 Å². The zero-order valence-electron chi connectivity index (χ0n) is 20.6. The van der Waals surface area contributed by atoms with E-state index in [1.807, 2.05) is 54.6 Å². The van der Waals surface area contributed by atoms with Crippen molar-refractivity contribution in [3.63, 3.8) is 0 Å². The van der Waals surface area contributed by atoms with Crippen LogP contribution in [0.5, 0.6) is 5.75 Å². The van der Waals surface area contributed by atoms with Crippen molar-refractivity contribution in [1.82, 2.24) is 20.4 Å². The highest BCUT2D eigenvalue weighted by Crippen LogP contribution is 2.38. The van der Waals surface area contributed by atoms with Crippen molar-refractivity contribution in [2.24, 2.45) is 0 Å². The van der Waals surface area contributed by atoms with Crippen LogP contribution in [0.3, 0.4) is 0 Å². The summed E-state index contributed by atoms with van der Waals surface area (Å²) in [6.45, 7) is 4.85. The molecule has 1 unspecified atom stereocenters. The van der Waals surface area contributed by atoms with E-state index in [9.17, 15) is 0 Å². The monoisotopic (exact) mass is 496 g/mol. The fraction of sp³-hybridized carbons (Fsp3) is 0.207. The van der Waals surface area contributed by atoms with E-state index < -0.39 is 0 Å². The molecule has 6 nitrogen and oxygen atoms in total. The second-order valence-electron chi connectivity index (χ2n) is 8.83. The summed E-state index contributed by atoms with van der Waals surface area (Å²) < 4.78 is 11.3. The summed E-state index contributed by atoms with van der Waals surface area (Å²) >= 11 is 5.84. The summed E-state index contributed by atoms with van der Waals surface area (Å²) in [5.41, 5.74) is 6.23. The molecule has 2 heterocycles. The molecule has 1 atom stereocenters. The molecule has 1 aliphatic rings. The van der Waals surface area contributed by atoms with Crippen molar-refractivity contribution in [2.45, 2.75) is 26.3 Å². The zero-order valence-corrected chi connectivity index (χ0v) is 21.4. The molecular formula is C29H28N4O2S. The highest BCUT2D eigenvalue weighted by molar-refractivity contribution is 7.80. The van der Waals surface area contributed by atoms with Gasteiger partial charge in [0.25, 0.3) is 5.89 Å². The van der Waals surface area contributed by atoms with Crippen molar-refractivity contribution in [3.8, 4) is 17.1 Å². The van der Waals surface area contributed by atoms with Crippen LogP contribution in [-0.2, 0) is 6.42 Å². The Morgan fingerprint density at radius 3 is 2.53 bits per heavy atom. The normalized spacial score (nSPS) is 15.7. The quantitative estimate of drug-likeness (QED) is 0.317. The van der Waals surface area contributed by atoms with E-state index in [0.29, 0.717) is 16.8 Å². The van der Waals surface area contributed by atoms with E-state index in [4.69, 9.17) is 26.5 Å². The van der Waals surface area contributed by atoms with Gasteiger partial charge in [0, 0.05) is 17.8 Å². The van der Waals surface area contributed by atoms with Gasteiger partial charge >= 0.3 is 0 Å². The Morgan fingerprint density at radius 2 is 1.78 bits per heavy atom. The predicted molar refractivity (Wildman–Crippen MR) is 145 cm³/mol. The maximum Gasteiger partial charge on any atom is 0.258 e. The molecule has 0 amide bonds. The number of nitrogens with one attached hydrogen (secondary N) is 1. The first-order valence-corrected chi connectivity index (χ1v) is 12.3. The van der Waals surface area contributed by atoms with Gasteiger partial charge in [-0.3, -0.25) is 0 Å². The second kappa shape index (κ2) is 10.3. The summed E-state index contributed by atoms with van der Waals surface area (Å²) in [7, 11) is 1.66. The van der Waals surface area contributed by atoms with Crippen LogP contribution in [0.25, 0.3) is 17.0 Å². The van der Waals surface area contributed by atoms with Crippen LogP contribution in [0.15, 0.2) is 89.1 Å². The lowest BCUT2D eigenvalue weighted by Gasteiger charge is -2.37. The molecule has 7 heteroatoms. The third-order valence-corrected chi connectivity index (χ3v) is 6.79. The third kappa shape index (κ3) is 4.88. The summed E-state index contributed by atoms with van der Waals surface area (Å²) in [4.78, 5) is 6.92. The summed E-state index contributed by atoms with van der Waals surface area (Å²) in [6, 6.07) is 26.2. The van der Waals surface area contributed by atoms with Gasteiger partial charge in [-0.15, -0.1) is 0 Å². The number of hydrogen-bond acceptors (Lipinski definition) is 5. The van der Waals surface area contributed by atoms with Crippen molar-refractivity contribution >= 4 is 22.9 Å². The molecular weight excluding hydrogens is 468 g/mol. The number of methoxy groups -OCH3 is 1. The minimum Gasteiger partial charge on any atom is -0.497 e. The Hall–Kier alpha value is -3.97. The van der Waals surface area contributed by atoms with Gasteiger partial charge in [0.15, 0.2) is 5.11 Å². The van der Waals surface area contributed by atoms with Gasteiger partial charge < -0.3 is 19.5 Å². The number of aryl methyl sites for hydroxylation is 1. The molecule has 0 saturated carbocycles. The average molecular weight is 497 g/mol. The van der Waals surface area contributed by atoms with Crippen LogP contribution < -0.4 is 10.1 Å². The fourth-order valence-electron chi connectivity index (χ4n) is 4.44. The minimum absolute atomic E-state index is 0.258. The minimum atomic E-state index is -0.258. The van der Waals surface area contributed by atoms with Crippen LogP contribution in [0, 0.1) is 6.92 Å². The van der Waals surface area contributed by atoms with Crippen molar-refractivity contribution in [2.75, 3.05) is 13.7 Å². The number of hydrogen-bond donors (Lipinski definition) is 1. The molecule has 1 N–H and O–H groups in total. The van der Waals surface area contributed by atoms with Crippen LogP contribution in [0.2, 0.25) is 0 Å². The third-order valence-electron chi connectivity index (χ3n) is 6.46. The molecule has 0 fully saturated rings. The standard InChI is InChI=1S/C29H28N4O2S/c1-19-12-14-22(15-13-19)27-31-28(35-32-27)25-20(2)33(17-16-21-8-5-4-6-9-21)29(36)30-26(25)23-10-7-11-24(18-23)34-3/h4-15,18,26H,16-17H2,1-3H3,(H,30,36). The van der Waals surface area contributed by atoms with Crippen LogP contribution in [0.1, 0.15) is 35.5 Å². The maximum absolute atomic E-state index is 5.85. The highest BCUT2D eigenvalue weighted by Gasteiger charge is 2.34. The molecule has 0 aliphatic carbocycles. The molecule has 5 rings (SSSR count). The van der Waals surface area contributed by atoms with Gasteiger partial charge in [-0.2, -0.15) is 4.98 Å². The van der Waals surface area contributed by atoms with Gasteiger partial charge in [0.2, 0.25) is 5.82 Å². The van der Waals surface area contributed by atoms with E-state index in [-0.39, 0.29) is 6.04 Å². The fourth-order valence-corrected chi connectivity index (χ4v) is 4.78. The molecule has 0 bridgehead atoms. The van der Waals surface area contributed by atoms with E-state index in [1.165, 1.54) is 11.1 Å². The molecule has 36 heavy (non-hydrogen) atoms. The van der Waals surface area contributed by atoms with Gasteiger partial charge in [-0.05, 0) is 55.7 Å². The largest absolute Gasteiger partial charge is 0.497 e. The van der Waals surface area contributed by atoms with E-state index in [1.54, 1.807) is 7.11 Å². The van der Waals surface area contributed by atoms with Crippen LogP contribution in [0.4, 0.5) is 0 Å². The molecule has 1 aliphatic heterocycles. The number of rotatable bonds is 7. The number of benzene rings is 3. The smallest absolute Gasteiger partial charge is 0.258 e. The van der Waals surface area contributed by atoms with Gasteiger partial charge in [0.1, 0.15) is 5.75 Å². The molecule has 3 aromatic carbocycles. The Balaban J connectivity index is 1.55. The van der Waals surface area contributed by atoms with Gasteiger partial charge in [-0.25, -0.2) is 0 Å². The first kappa shape index (κ1) is 23.8. The number of ether oxygens (including phenoxy) is 1. The van der Waals surface area contributed by atoms with Crippen molar-refractivity contribution < 1.29 is 9.26 Å². The van der Waals surface area contributed by atoms with E-state index in [2.05, 4.69) is 53.5 Å². The average Bonchev–Trinajstić information content (AvgIpc) is 3.39. The molecule has 1 aromatic heterocycles. The Bertz CT molecular complexity index is 1400. The maximum atomic E-state index is 5.85. The topological polar surface area (TPSA) is 63.4 Å². The van der Waals surface area contributed by atoms with Gasteiger partial charge in [0.05, 0.1) is 18.7 Å². The Morgan fingerprint density at radius 1 is 1.00 bits per heavy atom. The molecule has 0 saturated heterocycles. The molecule has 182 valence electrons. The molecule has 0 spiro atoms.